The summed E-state index contributed by atoms with van der Waals surface area (Å²) in [6.45, 7) is 9.33. The van der Waals surface area contributed by atoms with Gasteiger partial charge in [-0.25, -0.2) is 0 Å². The summed E-state index contributed by atoms with van der Waals surface area (Å²) < 4.78 is 1.91. The van der Waals surface area contributed by atoms with Crippen LogP contribution in [-0.2, 0) is 13.1 Å². The van der Waals surface area contributed by atoms with E-state index < -0.39 is 0 Å². The largest absolute Gasteiger partial charge is 0.394 e. The predicted octanol–water partition coefficient (Wildman–Crippen LogP) is 1.31. The van der Waals surface area contributed by atoms with Crippen LogP contribution in [0.3, 0.4) is 0 Å². The Morgan fingerprint density at radius 1 is 1.29 bits per heavy atom. The van der Waals surface area contributed by atoms with Crippen molar-refractivity contribution in [1.29, 1.82) is 0 Å². The summed E-state index contributed by atoms with van der Waals surface area (Å²) in [5, 5.41) is 17.1. The van der Waals surface area contributed by atoms with Gasteiger partial charge in [-0.05, 0) is 65.7 Å². The monoisotopic (exact) mass is 294 g/mol. The van der Waals surface area contributed by atoms with Crippen LogP contribution in [0.5, 0.6) is 0 Å². The van der Waals surface area contributed by atoms with Crippen LogP contribution < -0.4 is 5.32 Å². The van der Waals surface area contributed by atoms with Crippen LogP contribution in [0.15, 0.2) is 0 Å². The van der Waals surface area contributed by atoms with Crippen LogP contribution in [0, 0.1) is 19.8 Å². The summed E-state index contributed by atoms with van der Waals surface area (Å²) in [5.74, 6) is 0.882. The van der Waals surface area contributed by atoms with Crippen LogP contribution in [0.1, 0.15) is 36.2 Å². The summed E-state index contributed by atoms with van der Waals surface area (Å²) in [5.41, 5.74) is 3.54. The third-order valence-corrected chi connectivity index (χ3v) is 4.71. The molecule has 0 aliphatic carbocycles. The molecule has 1 aliphatic heterocycles. The first-order chi connectivity index (χ1) is 10.1. The second-order valence-corrected chi connectivity index (χ2v) is 6.31. The van der Waals surface area contributed by atoms with Crippen molar-refractivity contribution in [3.8, 4) is 0 Å². The van der Waals surface area contributed by atoms with E-state index in [1.165, 1.54) is 43.6 Å². The van der Waals surface area contributed by atoms with Crippen LogP contribution >= 0.6 is 0 Å². The SMILES string of the molecule is Cc1nn(CCO)c(C)c1CNCCC1CCN(C)CC1. The summed E-state index contributed by atoms with van der Waals surface area (Å²) >= 11 is 0. The highest BCUT2D eigenvalue weighted by Gasteiger charge is 2.16. The van der Waals surface area contributed by atoms with E-state index >= 15 is 0 Å². The Balaban J connectivity index is 1.73. The zero-order valence-electron chi connectivity index (χ0n) is 13.7. The first-order valence-corrected chi connectivity index (χ1v) is 8.14. The first-order valence-electron chi connectivity index (χ1n) is 8.14. The van der Waals surface area contributed by atoms with E-state index in [2.05, 4.69) is 36.2 Å². The Bertz CT molecular complexity index is 436. The molecule has 5 nitrogen and oxygen atoms in total. The van der Waals surface area contributed by atoms with Gasteiger partial charge in [0, 0.05) is 17.8 Å². The summed E-state index contributed by atoms with van der Waals surface area (Å²) in [6, 6.07) is 0. The lowest BCUT2D eigenvalue weighted by molar-refractivity contribution is 0.211. The topological polar surface area (TPSA) is 53.3 Å². The maximum absolute atomic E-state index is 9.04. The zero-order chi connectivity index (χ0) is 15.2. The molecule has 120 valence electrons. The number of aryl methyl sites for hydroxylation is 1. The Hall–Kier alpha value is -0.910. The number of nitrogens with one attached hydrogen (secondary N) is 1. The number of aliphatic hydroxyl groups excluding tert-OH is 1. The minimum Gasteiger partial charge on any atom is -0.394 e. The van der Waals surface area contributed by atoms with Crippen LogP contribution in [0.4, 0.5) is 0 Å². The number of likely N-dealkylation sites (tertiary alicyclic amines) is 1. The Morgan fingerprint density at radius 3 is 2.67 bits per heavy atom. The fourth-order valence-corrected chi connectivity index (χ4v) is 3.17. The Labute approximate surface area is 128 Å². The molecule has 1 aromatic heterocycles. The molecule has 0 amide bonds. The lowest BCUT2D eigenvalue weighted by Gasteiger charge is -2.28. The summed E-state index contributed by atoms with van der Waals surface area (Å²) in [7, 11) is 2.21. The smallest absolute Gasteiger partial charge is 0.0644 e. The number of rotatable bonds is 7. The van der Waals surface area contributed by atoms with Crippen molar-refractivity contribution in [3.63, 3.8) is 0 Å². The molecular weight excluding hydrogens is 264 g/mol. The van der Waals surface area contributed by atoms with E-state index in [0.717, 1.165) is 24.7 Å². The Morgan fingerprint density at radius 2 is 2.00 bits per heavy atom. The number of aromatic nitrogens is 2. The lowest BCUT2D eigenvalue weighted by atomic mass is 9.94. The maximum atomic E-state index is 9.04. The van der Waals surface area contributed by atoms with Crippen molar-refractivity contribution in [2.24, 2.45) is 5.92 Å². The Kier molecular flexibility index (Phi) is 6.21. The van der Waals surface area contributed by atoms with E-state index in [0.29, 0.717) is 6.54 Å². The zero-order valence-corrected chi connectivity index (χ0v) is 13.7. The van der Waals surface area contributed by atoms with Crippen LogP contribution in [-0.4, -0.2) is 53.1 Å². The van der Waals surface area contributed by atoms with Gasteiger partial charge in [-0.3, -0.25) is 4.68 Å². The quantitative estimate of drug-likeness (QED) is 0.745. The molecule has 2 heterocycles. The van der Waals surface area contributed by atoms with E-state index in [4.69, 9.17) is 5.11 Å². The van der Waals surface area contributed by atoms with E-state index in [1.807, 2.05) is 4.68 Å². The van der Waals surface area contributed by atoms with Crippen molar-refractivity contribution in [2.75, 3.05) is 33.3 Å². The molecule has 0 atom stereocenters. The minimum absolute atomic E-state index is 0.144. The molecule has 1 aromatic rings. The van der Waals surface area contributed by atoms with Gasteiger partial charge in [0.05, 0.1) is 18.8 Å². The third kappa shape index (κ3) is 4.53. The van der Waals surface area contributed by atoms with E-state index in [1.54, 1.807) is 0 Å². The number of nitrogens with zero attached hydrogens (tertiary/aromatic N) is 3. The number of piperidine rings is 1. The lowest BCUT2D eigenvalue weighted by Crippen LogP contribution is -2.31. The van der Waals surface area contributed by atoms with Gasteiger partial charge in [-0.15, -0.1) is 0 Å². The normalized spacial score (nSPS) is 17.5. The molecule has 1 fully saturated rings. The molecular formula is C16H30N4O. The third-order valence-electron chi connectivity index (χ3n) is 4.71. The second kappa shape index (κ2) is 7.92. The summed E-state index contributed by atoms with van der Waals surface area (Å²) in [4.78, 5) is 2.42. The minimum atomic E-state index is 0.144. The number of aliphatic hydroxyl groups is 1. The molecule has 0 unspecified atom stereocenters. The van der Waals surface area contributed by atoms with Gasteiger partial charge in [0.15, 0.2) is 0 Å². The first kappa shape index (κ1) is 16.5. The van der Waals surface area contributed by atoms with Gasteiger partial charge >= 0.3 is 0 Å². The molecule has 1 aliphatic rings. The van der Waals surface area contributed by atoms with Gasteiger partial charge in [0.1, 0.15) is 0 Å². The van der Waals surface area contributed by atoms with Crippen molar-refractivity contribution >= 4 is 0 Å². The van der Waals surface area contributed by atoms with Gasteiger partial charge in [0.2, 0.25) is 0 Å². The average molecular weight is 294 g/mol. The van der Waals surface area contributed by atoms with Crippen molar-refractivity contribution in [3.05, 3.63) is 17.0 Å². The van der Waals surface area contributed by atoms with E-state index in [9.17, 15) is 0 Å². The number of hydrogen-bond acceptors (Lipinski definition) is 4. The van der Waals surface area contributed by atoms with Gasteiger partial charge in [-0.1, -0.05) is 0 Å². The summed E-state index contributed by atoms with van der Waals surface area (Å²) in [6.07, 6.45) is 3.95. The predicted molar refractivity (Wildman–Crippen MR) is 85.3 cm³/mol. The molecule has 0 radical (unpaired) electrons. The number of hydrogen-bond donors (Lipinski definition) is 2. The highest BCUT2D eigenvalue weighted by molar-refractivity contribution is 5.24. The van der Waals surface area contributed by atoms with Crippen LogP contribution in [0.25, 0.3) is 0 Å². The average Bonchev–Trinajstić information content (AvgIpc) is 2.73. The molecule has 5 heteroatoms. The van der Waals surface area contributed by atoms with Gasteiger partial charge < -0.3 is 15.3 Å². The highest BCUT2D eigenvalue weighted by atomic mass is 16.3. The highest BCUT2D eigenvalue weighted by Crippen LogP contribution is 2.19. The molecule has 0 bridgehead atoms. The van der Waals surface area contributed by atoms with Gasteiger partial charge in [0.25, 0.3) is 0 Å². The molecule has 0 spiro atoms. The van der Waals surface area contributed by atoms with Crippen molar-refractivity contribution in [1.82, 2.24) is 20.0 Å². The molecule has 21 heavy (non-hydrogen) atoms. The molecule has 2 rings (SSSR count). The molecule has 0 aromatic carbocycles. The second-order valence-electron chi connectivity index (χ2n) is 6.31. The molecule has 0 saturated carbocycles. The van der Waals surface area contributed by atoms with Crippen molar-refractivity contribution < 1.29 is 5.11 Å². The van der Waals surface area contributed by atoms with Crippen molar-refractivity contribution in [2.45, 2.75) is 46.2 Å². The maximum Gasteiger partial charge on any atom is 0.0644 e. The molecule has 1 saturated heterocycles. The van der Waals surface area contributed by atoms with E-state index in [-0.39, 0.29) is 6.61 Å². The fourth-order valence-electron chi connectivity index (χ4n) is 3.17. The fraction of sp³-hybridized carbons (Fsp3) is 0.812. The van der Waals surface area contributed by atoms with Crippen LogP contribution in [0.2, 0.25) is 0 Å². The molecule has 2 N–H and O–H groups in total. The standard InChI is InChI=1S/C16H30N4O/c1-13-16(14(2)20(18-13)10-11-21)12-17-7-4-15-5-8-19(3)9-6-15/h15,17,21H,4-12H2,1-3H3. The van der Waals surface area contributed by atoms with Gasteiger partial charge in [-0.2, -0.15) is 5.10 Å².